The number of rotatable bonds is 4. The third-order valence-corrected chi connectivity index (χ3v) is 3.94. The quantitative estimate of drug-likeness (QED) is 0.929. The van der Waals surface area contributed by atoms with E-state index in [0.717, 1.165) is 15.9 Å². The second-order valence-corrected chi connectivity index (χ2v) is 5.72. The molecule has 0 saturated carbocycles. The van der Waals surface area contributed by atoms with Gasteiger partial charge in [-0.1, -0.05) is 11.6 Å². The lowest BCUT2D eigenvalue weighted by molar-refractivity contribution is 0.569. The number of nitrogens with one attached hydrogen (secondary N) is 1. The normalized spacial score (nSPS) is 12.9. The highest BCUT2D eigenvalue weighted by Crippen LogP contribution is 2.20. The van der Waals surface area contributed by atoms with Gasteiger partial charge >= 0.3 is 0 Å². The van der Waals surface area contributed by atoms with Crippen LogP contribution in [0.15, 0.2) is 12.4 Å². The van der Waals surface area contributed by atoms with Crippen LogP contribution in [0.5, 0.6) is 0 Å². The van der Waals surface area contributed by atoms with Crippen molar-refractivity contribution in [1.29, 1.82) is 0 Å². The van der Waals surface area contributed by atoms with Crippen LogP contribution in [-0.2, 0) is 13.6 Å². The van der Waals surface area contributed by atoms with Crippen molar-refractivity contribution >= 4 is 22.9 Å². The van der Waals surface area contributed by atoms with E-state index in [0.29, 0.717) is 0 Å². The molecule has 0 radical (unpaired) electrons. The van der Waals surface area contributed by atoms with Crippen molar-refractivity contribution in [2.24, 2.45) is 7.05 Å². The van der Waals surface area contributed by atoms with Crippen LogP contribution in [-0.4, -0.2) is 14.8 Å². The van der Waals surface area contributed by atoms with Gasteiger partial charge in [-0.25, -0.2) is 4.98 Å². The molecule has 92 valence electrons. The van der Waals surface area contributed by atoms with Crippen LogP contribution >= 0.6 is 22.9 Å². The number of thiazole rings is 1. The maximum atomic E-state index is 5.84. The molecule has 2 heterocycles. The molecular formula is C11H15ClN4S. The summed E-state index contributed by atoms with van der Waals surface area (Å²) in [6, 6.07) is 0.256. The minimum atomic E-state index is 0.256. The van der Waals surface area contributed by atoms with E-state index in [1.54, 1.807) is 6.20 Å². The molecule has 0 saturated heterocycles. The van der Waals surface area contributed by atoms with Crippen LogP contribution in [0.25, 0.3) is 0 Å². The Morgan fingerprint density at radius 1 is 1.53 bits per heavy atom. The van der Waals surface area contributed by atoms with Gasteiger partial charge in [-0.05, 0) is 13.8 Å². The van der Waals surface area contributed by atoms with E-state index in [-0.39, 0.29) is 6.04 Å². The van der Waals surface area contributed by atoms with E-state index in [1.807, 2.05) is 17.9 Å². The van der Waals surface area contributed by atoms with Crippen molar-refractivity contribution in [3.8, 4) is 0 Å². The lowest BCUT2D eigenvalue weighted by Gasteiger charge is -2.12. The van der Waals surface area contributed by atoms with E-state index in [1.165, 1.54) is 22.6 Å². The highest BCUT2D eigenvalue weighted by atomic mass is 35.5. The summed E-state index contributed by atoms with van der Waals surface area (Å²) in [6.45, 7) is 4.92. The molecule has 0 amide bonds. The van der Waals surface area contributed by atoms with Crippen LogP contribution < -0.4 is 5.32 Å². The van der Waals surface area contributed by atoms with Crippen LogP contribution in [0, 0.1) is 6.92 Å². The number of hydrogen-bond donors (Lipinski definition) is 1. The predicted octanol–water partition coefficient (Wildman–Crippen LogP) is 2.69. The first-order valence-corrected chi connectivity index (χ1v) is 6.59. The lowest BCUT2D eigenvalue weighted by Crippen LogP contribution is -2.18. The highest BCUT2D eigenvalue weighted by Gasteiger charge is 2.12. The van der Waals surface area contributed by atoms with Crippen molar-refractivity contribution in [2.45, 2.75) is 26.4 Å². The molecular weight excluding hydrogens is 256 g/mol. The van der Waals surface area contributed by atoms with E-state index in [4.69, 9.17) is 11.6 Å². The largest absolute Gasteiger partial charge is 0.304 e. The summed E-state index contributed by atoms with van der Waals surface area (Å²) >= 11 is 7.34. The van der Waals surface area contributed by atoms with E-state index < -0.39 is 0 Å². The second-order valence-electron chi connectivity index (χ2n) is 3.97. The molecule has 0 spiro atoms. The molecule has 0 aromatic carbocycles. The van der Waals surface area contributed by atoms with Crippen molar-refractivity contribution in [2.75, 3.05) is 0 Å². The van der Waals surface area contributed by atoms with E-state index in [2.05, 4.69) is 29.2 Å². The van der Waals surface area contributed by atoms with Crippen molar-refractivity contribution in [1.82, 2.24) is 20.1 Å². The Labute approximate surface area is 110 Å². The molecule has 2 aromatic rings. The Morgan fingerprint density at radius 3 is 2.82 bits per heavy atom. The van der Waals surface area contributed by atoms with Crippen molar-refractivity contribution in [3.63, 3.8) is 0 Å². The van der Waals surface area contributed by atoms with Gasteiger partial charge in [-0.2, -0.15) is 5.10 Å². The Kier molecular flexibility index (Phi) is 3.81. The number of aromatic nitrogens is 3. The molecule has 0 aliphatic carbocycles. The fourth-order valence-electron chi connectivity index (χ4n) is 1.66. The Morgan fingerprint density at radius 2 is 2.29 bits per heavy atom. The summed E-state index contributed by atoms with van der Waals surface area (Å²) in [5.74, 6) is 0. The molecule has 2 aromatic heterocycles. The average molecular weight is 271 g/mol. The molecule has 1 N–H and O–H groups in total. The molecule has 0 fully saturated rings. The minimum absolute atomic E-state index is 0.256. The zero-order chi connectivity index (χ0) is 12.4. The molecule has 4 nitrogen and oxygen atoms in total. The SMILES string of the molecule is Cc1c(C(C)NCc2ncc(Cl)s2)cnn1C. The van der Waals surface area contributed by atoms with Crippen LogP contribution in [0.4, 0.5) is 0 Å². The minimum Gasteiger partial charge on any atom is -0.304 e. The first kappa shape index (κ1) is 12.5. The van der Waals surface area contributed by atoms with Gasteiger partial charge in [0.1, 0.15) is 9.34 Å². The van der Waals surface area contributed by atoms with Crippen molar-refractivity contribution in [3.05, 3.63) is 33.0 Å². The highest BCUT2D eigenvalue weighted by molar-refractivity contribution is 7.15. The van der Waals surface area contributed by atoms with Crippen LogP contribution in [0.3, 0.4) is 0 Å². The Balaban J connectivity index is 1.98. The zero-order valence-electron chi connectivity index (χ0n) is 10.1. The van der Waals surface area contributed by atoms with E-state index in [9.17, 15) is 0 Å². The average Bonchev–Trinajstić information content (AvgIpc) is 2.84. The summed E-state index contributed by atoms with van der Waals surface area (Å²) in [4.78, 5) is 4.21. The van der Waals surface area contributed by atoms with E-state index >= 15 is 0 Å². The standard InChI is InChI=1S/C11H15ClN4S/c1-7(9-4-15-16(3)8(9)2)13-6-11-14-5-10(12)17-11/h4-5,7,13H,6H2,1-3H3. The van der Waals surface area contributed by atoms with Gasteiger partial charge in [0.2, 0.25) is 0 Å². The van der Waals surface area contributed by atoms with Gasteiger partial charge in [0.05, 0.1) is 12.4 Å². The van der Waals surface area contributed by atoms with Crippen molar-refractivity contribution < 1.29 is 0 Å². The molecule has 2 rings (SSSR count). The summed E-state index contributed by atoms with van der Waals surface area (Å²) in [5, 5.41) is 8.66. The molecule has 1 atom stereocenters. The Bertz CT molecular complexity index is 505. The maximum Gasteiger partial charge on any atom is 0.113 e. The molecule has 17 heavy (non-hydrogen) atoms. The molecule has 0 aliphatic rings. The zero-order valence-corrected chi connectivity index (χ0v) is 11.6. The summed E-state index contributed by atoms with van der Waals surface area (Å²) in [7, 11) is 1.95. The number of hydrogen-bond acceptors (Lipinski definition) is 4. The van der Waals surface area contributed by atoms with Gasteiger partial charge in [0, 0.05) is 30.9 Å². The van der Waals surface area contributed by atoms with Gasteiger partial charge < -0.3 is 5.32 Å². The third kappa shape index (κ3) is 2.86. The molecule has 0 bridgehead atoms. The number of nitrogens with zero attached hydrogens (tertiary/aromatic N) is 3. The van der Waals surface area contributed by atoms with Gasteiger partial charge in [0.15, 0.2) is 0 Å². The van der Waals surface area contributed by atoms with Gasteiger partial charge in [-0.15, -0.1) is 11.3 Å². The predicted molar refractivity (Wildman–Crippen MR) is 70.3 cm³/mol. The monoisotopic (exact) mass is 270 g/mol. The first-order valence-electron chi connectivity index (χ1n) is 5.40. The van der Waals surface area contributed by atoms with Crippen LogP contribution in [0.2, 0.25) is 4.34 Å². The molecule has 0 aliphatic heterocycles. The first-order chi connectivity index (χ1) is 8.08. The maximum absolute atomic E-state index is 5.84. The van der Waals surface area contributed by atoms with Gasteiger partial charge in [0.25, 0.3) is 0 Å². The fraction of sp³-hybridized carbons (Fsp3) is 0.455. The summed E-state index contributed by atoms with van der Waals surface area (Å²) in [6.07, 6.45) is 3.59. The molecule has 1 unspecified atom stereocenters. The number of halogens is 1. The summed E-state index contributed by atoms with van der Waals surface area (Å²) in [5.41, 5.74) is 2.40. The topological polar surface area (TPSA) is 42.7 Å². The second kappa shape index (κ2) is 5.16. The fourth-order valence-corrected chi connectivity index (χ4v) is 2.57. The Hall–Kier alpha value is -0.910. The number of aryl methyl sites for hydroxylation is 1. The van der Waals surface area contributed by atoms with Gasteiger partial charge in [-0.3, -0.25) is 4.68 Å². The lowest BCUT2D eigenvalue weighted by atomic mass is 10.1. The summed E-state index contributed by atoms with van der Waals surface area (Å²) < 4.78 is 2.61. The molecule has 6 heteroatoms. The third-order valence-electron chi connectivity index (χ3n) is 2.82. The smallest absolute Gasteiger partial charge is 0.113 e. The van der Waals surface area contributed by atoms with Crippen LogP contribution in [0.1, 0.15) is 29.2 Å².